The molecule has 6 nitrogen and oxygen atoms in total. The van der Waals surface area contributed by atoms with Gasteiger partial charge in [0.1, 0.15) is 12.3 Å². The minimum atomic E-state index is -0.125. The van der Waals surface area contributed by atoms with Crippen LogP contribution in [0.15, 0.2) is 0 Å². The third kappa shape index (κ3) is 1.47. The first-order valence-electron chi connectivity index (χ1n) is 6.76. The zero-order valence-corrected chi connectivity index (χ0v) is 11.6. The van der Waals surface area contributed by atoms with Gasteiger partial charge in [-0.05, 0) is 27.7 Å². The summed E-state index contributed by atoms with van der Waals surface area (Å²) in [6, 6.07) is 0.0822. The molecule has 4 amide bonds. The molecule has 0 spiro atoms. The molecule has 6 heteroatoms. The number of urea groups is 2. The van der Waals surface area contributed by atoms with Crippen LogP contribution in [0.25, 0.3) is 0 Å². The molecule has 2 heterocycles. The standard InChI is InChI=1S/C12H22N4O2/c1-5-13-9-10(15(7-3)11(13)17)16(8-4)12(18)14(9)6-2/h9-10H,5-8H2,1-4H3. The summed E-state index contributed by atoms with van der Waals surface area (Å²) in [7, 11) is 0. The number of rotatable bonds is 4. The van der Waals surface area contributed by atoms with Crippen molar-refractivity contribution in [2.45, 2.75) is 40.0 Å². The molecule has 2 fully saturated rings. The van der Waals surface area contributed by atoms with E-state index in [4.69, 9.17) is 0 Å². The average Bonchev–Trinajstić information content (AvgIpc) is 2.78. The lowest BCUT2D eigenvalue weighted by Gasteiger charge is -2.27. The molecule has 2 aliphatic rings. The lowest BCUT2D eigenvalue weighted by molar-refractivity contribution is 0.134. The van der Waals surface area contributed by atoms with Crippen molar-refractivity contribution in [1.82, 2.24) is 19.6 Å². The van der Waals surface area contributed by atoms with E-state index >= 15 is 0 Å². The highest BCUT2D eigenvalue weighted by Gasteiger charge is 2.57. The van der Waals surface area contributed by atoms with E-state index in [1.54, 1.807) is 19.6 Å². The van der Waals surface area contributed by atoms with Crippen LogP contribution in [-0.2, 0) is 0 Å². The Balaban J connectivity index is 2.41. The van der Waals surface area contributed by atoms with Crippen LogP contribution in [0.3, 0.4) is 0 Å². The van der Waals surface area contributed by atoms with E-state index in [1.165, 1.54) is 0 Å². The molecule has 0 bridgehead atoms. The Kier molecular flexibility index (Phi) is 3.36. The van der Waals surface area contributed by atoms with Crippen LogP contribution < -0.4 is 0 Å². The number of carbonyl (C=O) groups excluding carboxylic acids is 2. The SMILES string of the molecule is CCN1C(=O)N(CC)C2C1N(CC)C(=O)N2CC. The molecular weight excluding hydrogens is 232 g/mol. The summed E-state index contributed by atoms with van der Waals surface area (Å²) in [5, 5.41) is 0. The monoisotopic (exact) mass is 254 g/mol. The summed E-state index contributed by atoms with van der Waals surface area (Å²) in [5.74, 6) is 0. The van der Waals surface area contributed by atoms with Gasteiger partial charge in [-0.2, -0.15) is 0 Å². The molecule has 102 valence electrons. The minimum Gasteiger partial charge on any atom is -0.300 e. The van der Waals surface area contributed by atoms with Crippen molar-refractivity contribution in [3.8, 4) is 0 Å². The van der Waals surface area contributed by atoms with Crippen molar-refractivity contribution in [3.05, 3.63) is 0 Å². The number of hydrogen-bond donors (Lipinski definition) is 0. The van der Waals surface area contributed by atoms with Gasteiger partial charge in [-0.1, -0.05) is 0 Å². The average molecular weight is 254 g/mol. The quantitative estimate of drug-likeness (QED) is 0.756. The van der Waals surface area contributed by atoms with E-state index in [0.717, 1.165) is 0 Å². The maximum Gasteiger partial charge on any atom is 0.323 e. The number of carbonyl (C=O) groups is 2. The molecule has 0 unspecified atom stereocenters. The fraction of sp³-hybridized carbons (Fsp3) is 0.833. The first kappa shape index (κ1) is 13.0. The molecule has 0 N–H and O–H groups in total. The minimum absolute atomic E-state index is 0.0411. The Labute approximate surface area is 108 Å². The lowest BCUT2D eigenvalue weighted by atomic mass is 10.3. The molecule has 0 saturated carbocycles. The van der Waals surface area contributed by atoms with E-state index in [9.17, 15) is 9.59 Å². The molecule has 0 aromatic carbocycles. The Bertz CT molecular complexity index is 298. The summed E-state index contributed by atoms with van der Waals surface area (Å²) in [6.07, 6.45) is -0.250. The first-order valence-corrected chi connectivity index (χ1v) is 6.76. The Morgan fingerprint density at radius 3 is 1.06 bits per heavy atom. The van der Waals surface area contributed by atoms with Gasteiger partial charge < -0.3 is 19.6 Å². The smallest absolute Gasteiger partial charge is 0.300 e. The van der Waals surface area contributed by atoms with Gasteiger partial charge in [-0.15, -0.1) is 0 Å². The molecule has 2 rings (SSSR count). The Hall–Kier alpha value is -1.46. The molecule has 2 saturated heterocycles. The van der Waals surface area contributed by atoms with Crippen LogP contribution >= 0.6 is 0 Å². The van der Waals surface area contributed by atoms with Crippen LogP contribution in [0.5, 0.6) is 0 Å². The number of fused-ring (bicyclic) bond motifs is 1. The second-order valence-corrected chi connectivity index (χ2v) is 4.54. The fourth-order valence-corrected chi connectivity index (χ4v) is 3.05. The maximum absolute atomic E-state index is 12.3. The van der Waals surface area contributed by atoms with Gasteiger partial charge in [0.25, 0.3) is 0 Å². The van der Waals surface area contributed by atoms with E-state index in [-0.39, 0.29) is 24.4 Å². The number of likely N-dealkylation sites (N-methyl/N-ethyl adjacent to an activating group) is 4. The largest absolute Gasteiger partial charge is 0.323 e. The van der Waals surface area contributed by atoms with Crippen molar-refractivity contribution >= 4 is 12.1 Å². The molecular formula is C12H22N4O2. The summed E-state index contributed by atoms with van der Waals surface area (Å²) in [6.45, 7) is 10.4. The molecule has 0 aliphatic carbocycles. The van der Waals surface area contributed by atoms with Gasteiger partial charge in [-0.3, -0.25) is 0 Å². The molecule has 2 aliphatic heterocycles. The second kappa shape index (κ2) is 4.66. The molecule has 18 heavy (non-hydrogen) atoms. The van der Waals surface area contributed by atoms with Crippen LogP contribution in [0, 0.1) is 0 Å². The summed E-state index contributed by atoms with van der Waals surface area (Å²) in [5.41, 5.74) is 0. The van der Waals surface area contributed by atoms with E-state index < -0.39 is 0 Å². The Morgan fingerprint density at radius 1 is 0.667 bits per heavy atom. The van der Waals surface area contributed by atoms with Crippen LogP contribution in [0.1, 0.15) is 27.7 Å². The third-order valence-corrected chi connectivity index (χ3v) is 3.89. The third-order valence-electron chi connectivity index (χ3n) is 3.89. The highest BCUT2D eigenvalue weighted by atomic mass is 16.2. The van der Waals surface area contributed by atoms with Crippen molar-refractivity contribution in [2.24, 2.45) is 0 Å². The van der Waals surface area contributed by atoms with Gasteiger partial charge in [0.2, 0.25) is 0 Å². The van der Waals surface area contributed by atoms with E-state index in [2.05, 4.69) is 0 Å². The van der Waals surface area contributed by atoms with Gasteiger partial charge in [0.05, 0.1) is 0 Å². The van der Waals surface area contributed by atoms with Gasteiger partial charge >= 0.3 is 12.1 Å². The normalized spacial score (nSPS) is 27.6. The zero-order valence-electron chi connectivity index (χ0n) is 11.6. The van der Waals surface area contributed by atoms with Crippen LogP contribution in [0.4, 0.5) is 9.59 Å². The fourth-order valence-electron chi connectivity index (χ4n) is 3.05. The molecule has 0 aromatic rings. The predicted octanol–water partition coefficient (Wildman–Crippen LogP) is 1.19. The van der Waals surface area contributed by atoms with Crippen molar-refractivity contribution in [3.63, 3.8) is 0 Å². The highest BCUT2D eigenvalue weighted by Crippen LogP contribution is 2.34. The van der Waals surface area contributed by atoms with Crippen molar-refractivity contribution in [1.29, 1.82) is 0 Å². The number of amides is 4. The number of hydrogen-bond acceptors (Lipinski definition) is 2. The van der Waals surface area contributed by atoms with Crippen molar-refractivity contribution in [2.75, 3.05) is 26.2 Å². The summed E-state index contributed by atoms with van der Waals surface area (Å²) in [4.78, 5) is 31.8. The topological polar surface area (TPSA) is 47.1 Å². The lowest BCUT2D eigenvalue weighted by Crippen LogP contribution is -2.46. The summed E-state index contributed by atoms with van der Waals surface area (Å²) >= 11 is 0. The van der Waals surface area contributed by atoms with Gasteiger partial charge in [-0.25, -0.2) is 9.59 Å². The van der Waals surface area contributed by atoms with Crippen molar-refractivity contribution < 1.29 is 9.59 Å². The number of nitrogens with zero attached hydrogens (tertiary/aromatic N) is 4. The molecule has 0 aromatic heterocycles. The Morgan fingerprint density at radius 2 is 0.889 bits per heavy atom. The summed E-state index contributed by atoms with van der Waals surface area (Å²) < 4.78 is 0. The van der Waals surface area contributed by atoms with Crippen LogP contribution in [0.2, 0.25) is 0 Å². The highest BCUT2D eigenvalue weighted by molar-refractivity contribution is 5.85. The van der Waals surface area contributed by atoms with E-state index in [1.807, 2.05) is 27.7 Å². The van der Waals surface area contributed by atoms with Gasteiger partial charge in [0.15, 0.2) is 0 Å². The zero-order chi connectivity index (χ0) is 13.4. The maximum atomic E-state index is 12.3. The van der Waals surface area contributed by atoms with Crippen LogP contribution in [-0.4, -0.2) is 70.2 Å². The molecule has 0 atom stereocenters. The molecule has 0 radical (unpaired) electrons. The van der Waals surface area contributed by atoms with Gasteiger partial charge in [0, 0.05) is 26.2 Å². The predicted molar refractivity (Wildman–Crippen MR) is 67.9 cm³/mol. The first-order chi connectivity index (χ1) is 8.62. The van der Waals surface area contributed by atoms with E-state index in [0.29, 0.717) is 26.2 Å². The second-order valence-electron chi connectivity index (χ2n) is 4.54.